The monoisotopic (exact) mass is 306 g/mol. The van der Waals surface area contributed by atoms with Crippen LogP contribution in [0.1, 0.15) is 17.2 Å². The summed E-state index contributed by atoms with van der Waals surface area (Å²) in [5, 5.41) is 3.97. The van der Waals surface area contributed by atoms with E-state index in [9.17, 15) is 0 Å². The number of benzene rings is 1. The Bertz CT molecular complexity index is 605. The summed E-state index contributed by atoms with van der Waals surface area (Å²) >= 11 is 6.20. The molecule has 1 aromatic heterocycles. The van der Waals surface area contributed by atoms with Gasteiger partial charge in [0.15, 0.2) is 0 Å². The topological polar surface area (TPSA) is 43.4 Å². The minimum atomic E-state index is 0.0648. The zero-order valence-electron chi connectivity index (χ0n) is 12.4. The average molecular weight is 307 g/mol. The fourth-order valence-corrected chi connectivity index (χ4v) is 2.47. The van der Waals surface area contributed by atoms with Crippen LogP contribution in [-0.2, 0) is 6.42 Å². The van der Waals surface area contributed by atoms with Crippen molar-refractivity contribution in [3.8, 4) is 11.5 Å². The first-order valence-electron chi connectivity index (χ1n) is 6.67. The van der Waals surface area contributed by atoms with Gasteiger partial charge in [-0.3, -0.25) is 4.98 Å². The molecule has 2 aromatic rings. The van der Waals surface area contributed by atoms with Crippen molar-refractivity contribution in [1.29, 1.82) is 0 Å². The molecule has 1 N–H and O–H groups in total. The van der Waals surface area contributed by atoms with Gasteiger partial charge in [-0.15, -0.1) is 0 Å². The molecule has 1 atom stereocenters. The van der Waals surface area contributed by atoms with E-state index in [1.807, 2.05) is 31.3 Å². The summed E-state index contributed by atoms with van der Waals surface area (Å²) in [5.74, 6) is 1.62. The molecule has 0 spiro atoms. The molecule has 5 heteroatoms. The molecule has 0 amide bonds. The van der Waals surface area contributed by atoms with Crippen molar-refractivity contribution in [3.63, 3.8) is 0 Å². The fraction of sp³-hybridized carbons (Fsp3) is 0.312. The normalized spacial score (nSPS) is 12.0. The van der Waals surface area contributed by atoms with E-state index in [4.69, 9.17) is 21.1 Å². The zero-order chi connectivity index (χ0) is 15.2. The van der Waals surface area contributed by atoms with Gasteiger partial charge < -0.3 is 14.8 Å². The number of rotatable bonds is 6. The number of ether oxygens (including phenoxy) is 2. The van der Waals surface area contributed by atoms with Crippen LogP contribution in [-0.4, -0.2) is 26.3 Å². The number of nitrogens with zero attached hydrogens (tertiary/aromatic N) is 1. The van der Waals surface area contributed by atoms with Crippen LogP contribution in [0.15, 0.2) is 36.7 Å². The van der Waals surface area contributed by atoms with E-state index in [0.717, 1.165) is 29.0 Å². The van der Waals surface area contributed by atoms with Gasteiger partial charge in [0.25, 0.3) is 0 Å². The Morgan fingerprint density at radius 2 is 2.05 bits per heavy atom. The first-order valence-corrected chi connectivity index (χ1v) is 7.05. The van der Waals surface area contributed by atoms with Crippen molar-refractivity contribution in [1.82, 2.24) is 10.3 Å². The second-order valence-corrected chi connectivity index (χ2v) is 5.03. The number of hydrogen-bond donors (Lipinski definition) is 1. The van der Waals surface area contributed by atoms with Crippen LogP contribution in [0, 0.1) is 0 Å². The molecule has 112 valence electrons. The molecule has 2 rings (SSSR count). The van der Waals surface area contributed by atoms with Crippen LogP contribution in [0.5, 0.6) is 11.5 Å². The number of halogens is 1. The van der Waals surface area contributed by atoms with Gasteiger partial charge in [0, 0.05) is 24.0 Å². The predicted molar refractivity (Wildman–Crippen MR) is 84.3 cm³/mol. The van der Waals surface area contributed by atoms with Crippen molar-refractivity contribution in [2.24, 2.45) is 0 Å². The Kier molecular flexibility index (Phi) is 5.42. The van der Waals surface area contributed by atoms with E-state index in [-0.39, 0.29) is 6.04 Å². The summed E-state index contributed by atoms with van der Waals surface area (Å²) < 4.78 is 10.8. The highest BCUT2D eigenvalue weighted by atomic mass is 35.5. The first kappa shape index (κ1) is 15.6. The lowest BCUT2D eigenvalue weighted by Crippen LogP contribution is -2.20. The third kappa shape index (κ3) is 3.65. The van der Waals surface area contributed by atoms with Crippen LogP contribution in [0.4, 0.5) is 0 Å². The number of pyridine rings is 1. The smallest absolute Gasteiger partial charge is 0.123 e. The summed E-state index contributed by atoms with van der Waals surface area (Å²) in [6.07, 6.45) is 4.14. The average Bonchev–Trinajstić information content (AvgIpc) is 2.53. The molecule has 21 heavy (non-hydrogen) atoms. The molecule has 1 aromatic carbocycles. The van der Waals surface area contributed by atoms with E-state index < -0.39 is 0 Å². The lowest BCUT2D eigenvalue weighted by molar-refractivity contribution is 0.391. The molecule has 0 fully saturated rings. The van der Waals surface area contributed by atoms with Gasteiger partial charge in [0.1, 0.15) is 11.5 Å². The second-order valence-electron chi connectivity index (χ2n) is 4.62. The van der Waals surface area contributed by atoms with E-state index in [0.29, 0.717) is 5.02 Å². The predicted octanol–water partition coefficient (Wildman–Crippen LogP) is 3.26. The van der Waals surface area contributed by atoms with Gasteiger partial charge >= 0.3 is 0 Å². The van der Waals surface area contributed by atoms with Crippen molar-refractivity contribution in [3.05, 3.63) is 52.8 Å². The molecular weight excluding hydrogens is 288 g/mol. The maximum absolute atomic E-state index is 6.20. The molecule has 0 bridgehead atoms. The molecular formula is C16H19ClN2O2. The molecule has 0 saturated carbocycles. The maximum atomic E-state index is 6.20. The van der Waals surface area contributed by atoms with E-state index in [1.54, 1.807) is 26.6 Å². The fourth-order valence-electron chi connectivity index (χ4n) is 2.27. The van der Waals surface area contributed by atoms with Crippen LogP contribution >= 0.6 is 11.6 Å². The Balaban J connectivity index is 2.34. The van der Waals surface area contributed by atoms with Gasteiger partial charge in [-0.1, -0.05) is 11.6 Å². The summed E-state index contributed by atoms with van der Waals surface area (Å²) in [6, 6.07) is 7.77. The van der Waals surface area contributed by atoms with E-state index >= 15 is 0 Å². The van der Waals surface area contributed by atoms with Crippen molar-refractivity contribution in [2.75, 3.05) is 21.3 Å². The highest BCUT2D eigenvalue weighted by Crippen LogP contribution is 2.32. The van der Waals surface area contributed by atoms with Gasteiger partial charge in [0.2, 0.25) is 0 Å². The quantitative estimate of drug-likeness (QED) is 0.889. The minimum Gasteiger partial charge on any atom is -0.497 e. The largest absolute Gasteiger partial charge is 0.497 e. The van der Waals surface area contributed by atoms with Gasteiger partial charge in [0.05, 0.1) is 19.2 Å². The third-order valence-electron chi connectivity index (χ3n) is 3.44. The number of nitrogens with one attached hydrogen (secondary N) is 1. The van der Waals surface area contributed by atoms with E-state index in [1.165, 1.54) is 0 Å². The first-order chi connectivity index (χ1) is 10.2. The van der Waals surface area contributed by atoms with Crippen molar-refractivity contribution < 1.29 is 9.47 Å². The van der Waals surface area contributed by atoms with Gasteiger partial charge in [-0.25, -0.2) is 0 Å². The molecule has 0 radical (unpaired) electrons. The Labute approximate surface area is 130 Å². The number of hydrogen-bond acceptors (Lipinski definition) is 4. The second kappa shape index (κ2) is 7.29. The minimum absolute atomic E-state index is 0.0648. The molecule has 0 aliphatic carbocycles. The van der Waals surface area contributed by atoms with Gasteiger partial charge in [-0.2, -0.15) is 0 Å². The highest BCUT2D eigenvalue weighted by molar-refractivity contribution is 6.31. The van der Waals surface area contributed by atoms with Crippen LogP contribution in [0.3, 0.4) is 0 Å². The third-order valence-corrected chi connectivity index (χ3v) is 3.78. The maximum Gasteiger partial charge on any atom is 0.123 e. The Morgan fingerprint density at radius 3 is 2.67 bits per heavy atom. The molecule has 0 aliphatic rings. The van der Waals surface area contributed by atoms with Crippen molar-refractivity contribution in [2.45, 2.75) is 12.5 Å². The van der Waals surface area contributed by atoms with Gasteiger partial charge in [-0.05, 0) is 43.3 Å². The zero-order valence-corrected chi connectivity index (χ0v) is 13.1. The van der Waals surface area contributed by atoms with Crippen LogP contribution in [0.2, 0.25) is 5.02 Å². The summed E-state index contributed by atoms with van der Waals surface area (Å²) in [6.45, 7) is 0. The van der Waals surface area contributed by atoms with Crippen molar-refractivity contribution >= 4 is 11.6 Å². The number of aromatic nitrogens is 1. The summed E-state index contributed by atoms with van der Waals surface area (Å²) in [7, 11) is 5.23. The number of methoxy groups -OCH3 is 2. The SMILES string of the molecule is CNC(Cc1ccncc1Cl)c1cc(OC)ccc1OC. The Morgan fingerprint density at radius 1 is 1.24 bits per heavy atom. The molecule has 1 heterocycles. The lowest BCUT2D eigenvalue weighted by Gasteiger charge is -2.20. The number of likely N-dealkylation sites (N-methyl/N-ethyl adjacent to an activating group) is 1. The Hall–Kier alpha value is -1.78. The highest BCUT2D eigenvalue weighted by Gasteiger charge is 2.17. The summed E-state index contributed by atoms with van der Waals surface area (Å²) in [4.78, 5) is 4.01. The molecule has 4 nitrogen and oxygen atoms in total. The van der Waals surface area contributed by atoms with E-state index in [2.05, 4.69) is 10.3 Å². The summed E-state index contributed by atoms with van der Waals surface area (Å²) in [5.41, 5.74) is 2.07. The van der Waals surface area contributed by atoms with Crippen LogP contribution in [0.25, 0.3) is 0 Å². The molecule has 1 unspecified atom stereocenters. The standard InChI is InChI=1S/C16H19ClN2O2/c1-18-15(8-11-6-7-19-10-14(11)17)13-9-12(20-2)4-5-16(13)21-3/h4-7,9-10,15,18H,8H2,1-3H3. The lowest BCUT2D eigenvalue weighted by atomic mass is 9.98. The van der Waals surface area contributed by atoms with Crippen LogP contribution < -0.4 is 14.8 Å². The molecule has 0 saturated heterocycles. The molecule has 0 aliphatic heterocycles.